The molecule has 0 fully saturated rings. The number of hydrogen-bond donors (Lipinski definition) is 1. The lowest BCUT2D eigenvalue weighted by Gasteiger charge is -2.19. The zero-order chi connectivity index (χ0) is 15.4. The highest BCUT2D eigenvalue weighted by Gasteiger charge is 2.15. The lowest BCUT2D eigenvalue weighted by Crippen LogP contribution is -2.27. The fourth-order valence-corrected chi connectivity index (χ4v) is 2.09. The molecule has 1 heterocycles. The van der Waals surface area contributed by atoms with Gasteiger partial charge in [-0.2, -0.15) is 0 Å². The lowest BCUT2D eigenvalue weighted by molar-refractivity contribution is 0.0778. The molecule has 0 aliphatic heterocycles. The summed E-state index contributed by atoms with van der Waals surface area (Å²) < 4.78 is 5.33. The molecule has 0 radical (unpaired) electrons. The highest BCUT2D eigenvalue weighted by molar-refractivity contribution is 5.92. The minimum Gasteiger partial charge on any atom is -0.496 e. The summed E-state index contributed by atoms with van der Waals surface area (Å²) in [7, 11) is 3.36. The first-order valence-corrected chi connectivity index (χ1v) is 6.61. The fourth-order valence-electron chi connectivity index (χ4n) is 2.09. The molecule has 21 heavy (non-hydrogen) atoms. The van der Waals surface area contributed by atoms with Gasteiger partial charge in [0, 0.05) is 19.2 Å². The molecule has 0 atom stereocenters. The quantitative estimate of drug-likeness (QED) is 0.935. The van der Waals surface area contributed by atoms with Crippen molar-refractivity contribution in [2.75, 3.05) is 19.9 Å². The fraction of sp³-hybridized carbons (Fsp3) is 0.250. The third kappa shape index (κ3) is 3.51. The van der Waals surface area contributed by atoms with Crippen LogP contribution in [0, 0.1) is 6.92 Å². The van der Waals surface area contributed by atoms with E-state index in [0.717, 1.165) is 16.9 Å². The molecule has 5 nitrogen and oxygen atoms in total. The molecule has 1 amide bonds. The highest BCUT2D eigenvalue weighted by Crippen LogP contribution is 2.21. The van der Waals surface area contributed by atoms with Gasteiger partial charge in [-0.15, -0.1) is 0 Å². The predicted octanol–water partition coefficient (Wildman–Crippen LogP) is 2.25. The number of carbonyl (C=O) groups is 1. The summed E-state index contributed by atoms with van der Waals surface area (Å²) in [4.78, 5) is 18.0. The van der Waals surface area contributed by atoms with E-state index in [1.54, 1.807) is 31.2 Å². The second-order valence-corrected chi connectivity index (χ2v) is 4.95. The maximum absolute atomic E-state index is 12.3. The zero-order valence-corrected chi connectivity index (χ0v) is 12.5. The Morgan fingerprint density at radius 3 is 2.71 bits per heavy atom. The maximum Gasteiger partial charge on any atom is 0.272 e. The number of ether oxygens (including phenoxy) is 1. The van der Waals surface area contributed by atoms with Crippen LogP contribution in [0.3, 0.4) is 0 Å². The highest BCUT2D eigenvalue weighted by atomic mass is 16.5. The van der Waals surface area contributed by atoms with Crippen LogP contribution in [0.1, 0.15) is 21.6 Å². The van der Waals surface area contributed by atoms with Crippen molar-refractivity contribution < 1.29 is 9.53 Å². The molecule has 2 aromatic rings. The second-order valence-electron chi connectivity index (χ2n) is 4.95. The van der Waals surface area contributed by atoms with Gasteiger partial charge >= 0.3 is 0 Å². The lowest BCUT2D eigenvalue weighted by atomic mass is 10.1. The molecule has 0 bridgehead atoms. The summed E-state index contributed by atoms with van der Waals surface area (Å²) in [5.74, 6) is 0.615. The van der Waals surface area contributed by atoms with E-state index in [1.165, 1.54) is 6.20 Å². The van der Waals surface area contributed by atoms with Gasteiger partial charge in [0.1, 0.15) is 11.4 Å². The number of nitrogens with two attached hydrogens (primary N) is 1. The van der Waals surface area contributed by atoms with E-state index < -0.39 is 0 Å². The van der Waals surface area contributed by atoms with Gasteiger partial charge in [-0.1, -0.05) is 17.7 Å². The van der Waals surface area contributed by atoms with Gasteiger partial charge in [0.2, 0.25) is 0 Å². The molecule has 0 saturated heterocycles. The summed E-state index contributed by atoms with van der Waals surface area (Å²) in [6.45, 7) is 2.46. The van der Waals surface area contributed by atoms with Gasteiger partial charge in [-0.3, -0.25) is 4.79 Å². The number of nitrogens with zero attached hydrogens (tertiary/aromatic N) is 2. The van der Waals surface area contributed by atoms with Crippen LogP contribution in [-0.2, 0) is 6.54 Å². The molecular weight excluding hydrogens is 266 g/mol. The summed E-state index contributed by atoms with van der Waals surface area (Å²) in [5, 5.41) is 0. The Labute approximate surface area is 124 Å². The topological polar surface area (TPSA) is 68.5 Å². The Morgan fingerprint density at radius 2 is 2.10 bits per heavy atom. The third-order valence-corrected chi connectivity index (χ3v) is 3.20. The Kier molecular flexibility index (Phi) is 4.42. The maximum atomic E-state index is 12.3. The van der Waals surface area contributed by atoms with Crippen molar-refractivity contribution in [3.63, 3.8) is 0 Å². The smallest absolute Gasteiger partial charge is 0.272 e. The largest absolute Gasteiger partial charge is 0.496 e. The normalized spacial score (nSPS) is 10.2. The van der Waals surface area contributed by atoms with Crippen LogP contribution < -0.4 is 10.5 Å². The van der Waals surface area contributed by atoms with E-state index >= 15 is 0 Å². The van der Waals surface area contributed by atoms with Crippen LogP contribution in [0.25, 0.3) is 0 Å². The van der Waals surface area contributed by atoms with Gasteiger partial charge in [-0.05, 0) is 25.1 Å². The molecule has 1 aromatic heterocycles. The van der Waals surface area contributed by atoms with Crippen molar-refractivity contribution in [2.45, 2.75) is 13.5 Å². The average Bonchev–Trinajstić information content (AvgIpc) is 2.47. The summed E-state index contributed by atoms with van der Waals surface area (Å²) in [6, 6.07) is 9.19. The predicted molar refractivity (Wildman–Crippen MR) is 82.2 cm³/mol. The molecular formula is C16H19N3O2. The van der Waals surface area contributed by atoms with Crippen molar-refractivity contribution in [2.24, 2.45) is 0 Å². The molecule has 0 aliphatic carbocycles. The second kappa shape index (κ2) is 6.26. The molecule has 0 saturated carbocycles. The third-order valence-electron chi connectivity index (χ3n) is 3.20. The molecule has 0 unspecified atom stereocenters. The number of rotatable bonds is 4. The summed E-state index contributed by atoms with van der Waals surface area (Å²) in [6.07, 6.45) is 1.48. The van der Waals surface area contributed by atoms with Gasteiger partial charge in [0.05, 0.1) is 19.0 Å². The van der Waals surface area contributed by atoms with E-state index in [2.05, 4.69) is 4.98 Å². The number of nitrogen functional groups attached to an aromatic ring is 1. The van der Waals surface area contributed by atoms with Crippen LogP contribution in [-0.4, -0.2) is 29.9 Å². The first-order valence-electron chi connectivity index (χ1n) is 6.61. The SMILES string of the molecule is COc1ccc(C)cc1CN(C)C(=O)c1ccc(N)cn1. The number of hydrogen-bond acceptors (Lipinski definition) is 4. The number of carbonyl (C=O) groups excluding carboxylic acids is 1. The summed E-state index contributed by atoms with van der Waals surface area (Å²) in [5.41, 5.74) is 8.57. The first kappa shape index (κ1) is 14.8. The van der Waals surface area contributed by atoms with Crippen LogP contribution in [0.15, 0.2) is 36.5 Å². The van der Waals surface area contributed by atoms with Crippen molar-refractivity contribution in [3.8, 4) is 5.75 Å². The van der Waals surface area contributed by atoms with E-state index in [0.29, 0.717) is 17.9 Å². The number of methoxy groups -OCH3 is 1. The van der Waals surface area contributed by atoms with Crippen LogP contribution in [0.2, 0.25) is 0 Å². The summed E-state index contributed by atoms with van der Waals surface area (Å²) >= 11 is 0. The monoisotopic (exact) mass is 285 g/mol. The van der Waals surface area contributed by atoms with Crippen LogP contribution >= 0.6 is 0 Å². The van der Waals surface area contributed by atoms with E-state index in [1.807, 2.05) is 25.1 Å². The minimum absolute atomic E-state index is 0.154. The number of amides is 1. The van der Waals surface area contributed by atoms with E-state index in [-0.39, 0.29) is 5.91 Å². The number of pyridine rings is 1. The molecule has 2 rings (SSSR count). The molecule has 0 spiro atoms. The molecule has 0 aliphatic rings. The Morgan fingerprint density at radius 1 is 1.33 bits per heavy atom. The van der Waals surface area contributed by atoms with Gasteiger partial charge in [-0.25, -0.2) is 4.98 Å². The van der Waals surface area contributed by atoms with Gasteiger partial charge < -0.3 is 15.4 Å². The van der Waals surface area contributed by atoms with Crippen LogP contribution in [0.4, 0.5) is 5.69 Å². The Bertz CT molecular complexity index is 638. The average molecular weight is 285 g/mol. The molecule has 5 heteroatoms. The molecule has 2 N–H and O–H groups in total. The zero-order valence-electron chi connectivity index (χ0n) is 12.5. The van der Waals surface area contributed by atoms with Crippen molar-refractivity contribution in [1.29, 1.82) is 0 Å². The van der Waals surface area contributed by atoms with Crippen molar-refractivity contribution in [3.05, 3.63) is 53.3 Å². The van der Waals surface area contributed by atoms with E-state index in [4.69, 9.17) is 10.5 Å². The first-order chi connectivity index (χ1) is 10.0. The standard InChI is InChI=1S/C16H19N3O2/c1-11-4-7-15(21-3)12(8-11)10-19(2)16(20)14-6-5-13(17)9-18-14/h4-9H,10,17H2,1-3H3. The van der Waals surface area contributed by atoms with Crippen molar-refractivity contribution >= 4 is 11.6 Å². The molecule has 1 aromatic carbocycles. The van der Waals surface area contributed by atoms with Gasteiger partial charge in [0.25, 0.3) is 5.91 Å². The molecule has 110 valence electrons. The number of benzene rings is 1. The Hall–Kier alpha value is -2.56. The number of aryl methyl sites for hydroxylation is 1. The number of aromatic nitrogens is 1. The minimum atomic E-state index is -0.154. The number of anilines is 1. The van der Waals surface area contributed by atoms with Gasteiger partial charge in [0.15, 0.2) is 0 Å². The van der Waals surface area contributed by atoms with Crippen molar-refractivity contribution in [1.82, 2.24) is 9.88 Å². The van der Waals surface area contributed by atoms with Crippen LogP contribution in [0.5, 0.6) is 5.75 Å². The Balaban J connectivity index is 2.17. The van der Waals surface area contributed by atoms with E-state index in [9.17, 15) is 4.79 Å².